The molecule has 0 spiro atoms. The van der Waals surface area contributed by atoms with Crippen LogP contribution in [0.25, 0.3) is 0 Å². The molecule has 0 amide bonds. The van der Waals surface area contributed by atoms with Crippen LogP contribution in [0.4, 0.5) is 0 Å². The molecule has 1 aliphatic rings. The van der Waals surface area contributed by atoms with E-state index in [1.165, 1.54) is 11.1 Å². The van der Waals surface area contributed by atoms with Gasteiger partial charge in [0.25, 0.3) is 0 Å². The third-order valence-electron chi connectivity index (χ3n) is 3.77. The second-order valence-electron chi connectivity index (χ2n) is 5.09. The van der Waals surface area contributed by atoms with Gasteiger partial charge in [-0.15, -0.1) is 0 Å². The third kappa shape index (κ3) is 2.49. The average molecular weight is 254 g/mol. The number of hydrogen-bond acceptors (Lipinski definition) is 2. The number of ether oxygens (including phenoxy) is 1. The number of nitrogens with two attached hydrogens (primary N) is 1. The fraction of sp³-hybridized carbons (Fsp3) is 0.571. The van der Waals surface area contributed by atoms with Crippen LogP contribution in [0, 0.1) is 19.8 Å². The van der Waals surface area contributed by atoms with Crippen molar-refractivity contribution < 1.29 is 4.74 Å². The summed E-state index contributed by atoms with van der Waals surface area (Å²) in [6.07, 6.45) is 1.18. The summed E-state index contributed by atoms with van der Waals surface area (Å²) >= 11 is 6.29. The molecule has 17 heavy (non-hydrogen) atoms. The number of hydrogen-bond donors (Lipinski definition) is 1. The molecule has 1 aliphatic heterocycles. The molecule has 1 saturated heterocycles. The van der Waals surface area contributed by atoms with Gasteiger partial charge in [-0.25, -0.2) is 0 Å². The maximum absolute atomic E-state index is 6.30. The lowest BCUT2D eigenvalue weighted by Crippen LogP contribution is -2.30. The Morgan fingerprint density at radius 3 is 2.59 bits per heavy atom. The monoisotopic (exact) mass is 253 g/mol. The third-order valence-corrected chi connectivity index (χ3v) is 4.10. The lowest BCUT2D eigenvalue weighted by Gasteiger charge is -2.24. The molecule has 0 bridgehead atoms. The zero-order valence-corrected chi connectivity index (χ0v) is 11.4. The highest BCUT2D eigenvalue weighted by molar-refractivity contribution is 6.31. The van der Waals surface area contributed by atoms with E-state index in [0.29, 0.717) is 5.92 Å². The van der Waals surface area contributed by atoms with E-state index in [2.05, 4.69) is 26.8 Å². The van der Waals surface area contributed by atoms with E-state index in [9.17, 15) is 0 Å². The van der Waals surface area contributed by atoms with Crippen LogP contribution in [0.15, 0.2) is 12.1 Å². The van der Waals surface area contributed by atoms with Gasteiger partial charge in [-0.3, -0.25) is 0 Å². The van der Waals surface area contributed by atoms with Crippen LogP contribution in [-0.4, -0.2) is 12.7 Å². The van der Waals surface area contributed by atoms with Crippen LogP contribution >= 0.6 is 11.6 Å². The fourth-order valence-corrected chi connectivity index (χ4v) is 2.76. The second kappa shape index (κ2) is 4.97. The Hall–Kier alpha value is -0.570. The van der Waals surface area contributed by atoms with Crippen LogP contribution in [0.2, 0.25) is 5.02 Å². The van der Waals surface area contributed by atoms with E-state index in [4.69, 9.17) is 22.1 Å². The predicted octanol–water partition coefficient (Wildman–Crippen LogP) is 3.38. The first-order chi connectivity index (χ1) is 8.00. The van der Waals surface area contributed by atoms with Gasteiger partial charge < -0.3 is 10.5 Å². The highest BCUT2D eigenvalue weighted by Crippen LogP contribution is 2.34. The summed E-state index contributed by atoms with van der Waals surface area (Å²) in [7, 11) is 0. The highest BCUT2D eigenvalue weighted by Gasteiger charge is 2.31. The lowest BCUT2D eigenvalue weighted by molar-refractivity contribution is 0.0725. The summed E-state index contributed by atoms with van der Waals surface area (Å²) in [6, 6.07) is 3.96. The van der Waals surface area contributed by atoms with Gasteiger partial charge in [0.05, 0.1) is 12.1 Å². The maximum atomic E-state index is 6.30. The van der Waals surface area contributed by atoms with E-state index in [0.717, 1.165) is 23.6 Å². The quantitative estimate of drug-likeness (QED) is 0.877. The molecule has 0 radical (unpaired) electrons. The van der Waals surface area contributed by atoms with Gasteiger partial charge in [0, 0.05) is 11.6 Å². The molecule has 2 nitrogen and oxygen atoms in total. The van der Waals surface area contributed by atoms with Gasteiger partial charge in [-0.2, -0.15) is 0 Å². The van der Waals surface area contributed by atoms with Crippen LogP contribution in [0.5, 0.6) is 0 Å². The zero-order valence-electron chi connectivity index (χ0n) is 10.7. The molecule has 1 fully saturated rings. The number of halogens is 1. The number of aryl methyl sites for hydroxylation is 2. The number of rotatable bonds is 2. The van der Waals surface area contributed by atoms with Gasteiger partial charge >= 0.3 is 0 Å². The Kier molecular flexibility index (Phi) is 3.76. The van der Waals surface area contributed by atoms with Gasteiger partial charge in [0.2, 0.25) is 0 Å². The molecule has 3 atom stereocenters. The molecule has 0 aliphatic carbocycles. The van der Waals surface area contributed by atoms with E-state index in [1.807, 2.05) is 6.07 Å². The first-order valence-corrected chi connectivity index (χ1v) is 6.52. The van der Waals surface area contributed by atoms with Crippen molar-refractivity contribution >= 4 is 11.6 Å². The zero-order chi connectivity index (χ0) is 12.6. The molecule has 1 heterocycles. The molecule has 2 N–H and O–H groups in total. The normalized spacial score (nSPS) is 26.2. The van der Waals surface area contributed by atoms with Crippen molar-refractivity contribution in [3.8, 4) is 0 Å². The largest absolute Gasteiger partial charge is 0.376 e. The molecule has 1 aromatic rings. The van der Waals surface area contributed by atoms with Crippen molar-refractivity contribution in [2.45, 2.75) is 39.3 Å². The first-order valence-electron chi connectivity index (χ1n) is 6.14. The molecule has 3 heteroatoms. The average Bonchev–Trinajstić information content (AvgIpc) is 2.69. The topological polar surface area (TPSA) is 35.2 Å². The maximum Gasteiger partial charge on any atom is 0.0794 e. The second-order valence-corrected chi connectivity index (χ2v) is 5.49. The van der Waals surface area contributed by atoms with Crippen molar-refractivity contribution in [2.24, 2.45) is 11.7 Å². The molecule has 94 valence electrons. The Morgan fingerprint density at radius 2 is 2.00 bits per heavy atom. The standard InChI is InChI=1S/C14H20ClNO/c1-8-4-5-17-14(8)13(16)11-6-9(2)10(3)7-12(11)15/h6-8,13-14H,4-5,16H2,1-3H3. The van der Waals surface area contributed by atoms with Gasteiger partial charge in [-0.1, -0.05) is 24.6 Å². The Balaban J connectivity index is 2.30. The Labute approximate surface area is 108 Å². The smallest absolute Gasteiger partial charge is 0.0794 e. The van der Waals surface area contributed by atoms with E-state index >= 15 is 0 Å². The lowest BCUT2D eigenvalue weighted by atomic mass is 9.91. The minimum Gasteiger partial charge on any atom is -0.376 e. The first kappa shape index (κ1) is 12.9. The molecule has 2 rings (SSSR count). The minimum absolute atomic E-state index is 0.0922. The van der Waals surface area contributed by atoms with Gasteiger partial charge in [0.15, 0.2) is 0 Å². The summed E-state index contributed by atoms with van der Waals surface area (Å²) in [6.45, 7) is 7.14. The molecule has 0 saturated carbocycles. The summed E-state index contributed by atoms with van der Waals surface area (Å²) in [4.78, 5) is 0. The summed E-state index contributed by atoms with van der Waals surface area (Å²) < 4.78 is 5.72. The molecule has 0 aromatic heterocycles. The van der Waals surface area contributed by atoms with Gasteiger partial charge in [-0.05, 0) is 48.9 Å². The molecule has 3 unspecified atom stereocenters. The fourth-order valence-electron chi connectivity index (χ4n) is 2.41. The summed E-state index contributed by atoms with van der Waals surface area (Å²) in [5.74, 6) is 0.502. The van der Waals surface area contributed by atoms with Crippen LogP contribution in [0.3, 0.4) is 0 Å². The summed E-state index contributed by atoms with van der Waals surface area (Å²) in [5.41, 5.74) is 9.74. The van der Waals surface area contributed by atoms with E-state index in [-0.39, 0.29) is 12.1 Å². The molecule has 1 aromatic carbocycles. The van der Waals surface area contributed by atoms with Crippen molar-refractivity contribution in [3.63, 3.8) is 0 Å². The SMILES string of the molecule is Cc1cc(Cl)c(C(N)C2OCCC2C)cc1C. The van der Waals surface area contributed by atoms with Crippen LogP contribution < -0.4 is 5.73 Å². The minimum atomic E-state index is -0.126. The highest BCUT2D eigenvalue weighted by atomic mass is 35.5. The Morgan fingerprint density at radius 1 is 1.35 bits per heavy atom. The van der Waals surface area contributed by atoms with Crippen LogP contribution in [0.1, 0.15) is 36.1 Å². The van der Waals surface area contributed by atoms with Crippen LogP contribution in [-0.2, 0) is 4.74 Å². The van der Waals surface area contributed by atoms with Crippen molar-refractivity contribution in [3.05, 3.63) is 33.8 Å². The summed E-state index contributed by atoms with van der Waals surface area (Å²) in [5, 5.41) is 0.753. The van der Waals surface area contributed by atoms with E-state index < -0.39 is 0 Å². The van der Waals surface area contributed by atoms with E-state index in [1.54, 1.807) is 0 Å². The van der Waals surface area contributed by atoms with Crippen molar-refractivity contribution in [1.29, 1.82) is 0 Å². The molecular weight excluding hydrogens is 234 g/mol. The van der Waals surface area contributed by atoms with Crippen molar-refractivity contribution in [1.82, 2.24) is 0 Å². The predicted molar refractivity (Wildman–Crippen MR) is 71.4 cm³/mol. The number of benzene rings is 1. The van der Waals surface area contributed by atoms with Gasteiger partial charge in [0.1, 0.15) is 0 Å². The van der Waals surface area contributed by atoms with Crippen molar-refractivity contribution in [2.75, 3.05) is 6.61 Å². The Bertz CT molecular complexity index is 419. The molecular formula is C14H20ClNO.